The molecule has 0 spiro atoms. The topological polar surface area (TPSA) is 37.6 Å². The lowest BCUT2D eigenvalue weighted by Crippen LogP contribution is -2.60. The number of nitrogens with zero attached hydrogens (tertiary/aromatic N) is 2. The summed E-state index contributed by atoms with van der Waals surface area (Å²) >= 11 is 0. The smallest absolute Gasteiger partial charge is 0.135 e. The lowest BCUT2D eigenvalue weighted by atomic mass is 9.63. The molecule has 0 amide bonds. The van der Waals surface area contributed by atoms with Crippen LogP contribution in [0.25, 0.3) is 10.9 Å². The molecule has 2 aromatic rings. The third kappa shape index (κ3) is 1.29. The van der Waals surface area contributed by atoms with Crippen molar-refractivity contribution in [1.82, 2.24) is 9.47 Å². The van der Waals surface area contributed by atoms with Gasteiger partial charge < -0.3 is 14.4 Å². The van der Waals surface area contributed by atoms with Crippen molar-refractivity contribution in [1.29, 1.82) is 0 Å². The number of ether oxygens (including phenoxy) is 1. The van der Waals surface area contributed by atoms with Crippen LogP contribution in [0.2, 0.25) is 0 Å². The van der Waals surface area contributed by atoms with Gasteiger partial charge in [0.1, 0.15) is 6.23 Å². The Labute approximate surface area is 135 Å². The Hall–Kier alpha value is -1.36. The van der Waals surface area contributed by atoms with Gasteiger partial charge in [0.2, 0.25) is 0 Å². The molecular formula is C19H22N2O2. The predicted octanol–water partition coefficient (Wildman–Crippen LogP) is 2.61. The molecule has 0 unspecified atom stereocenters. The maximum atomic E-state index is 10.7. The Morgan fingerprint density at radius 2 is 2.22 bits per heavy atom. The number of rotatable bonds is 1. The first-order valence-corrected chi connectivity index (χ1v) is 8.94. The van der Waals surface area contributed by atoms with E-state index in [1.165, 1.54) is 22.2 Å². The standard InChI is InChI=1S/C19H22N2O2/c1-2-19-9-15-21-13-6-4-3-5-11(13)12-7-8-20(17(19)16(12)21)10-14(22)18(19)23-15/h3-6,14-15,17-18,22H,2,7-10H2,1H3/t14-,15-,17+,18+,19-/m0/s1. The van der Waals surface area contributed by atoms with Gasteiger partial charge in [0.15, 0.2) is 0 Å². The summed E-state index contributed by atoms with van der Waals surface area (Å²) in [5.74, 6) is 0. The number of hydrogen-bond donors (Lipinski definition) is 1. The van der Waals surface area contributed by atoms with Gasteiger partial charge in [0, 0.05) is 36.0 Å². The zero-order valence-corrected chi connectivity index (χ0v) is 13.4. The highest BCUT2D eigenvalue weighted by Crippen LogP contribution is 2.64. The number of benzene rings is 1. The fraction of sp³-hybridized carbons (Fsp3) is 0.579. The summed E-state index contributed by atoms with van der Waals surface area (Å²) in [6.45, 7) is 4.09. The summed E-state index contributed by atoms with van der Waals surface area (Å²) in [4.78, 5) is 2.54. The molecule has 2 saturated heterocycles. The van der Waals surface area contributed by atoms with Crippen LogP contribution in [0.4, 0.5) is 0 Å². The average molecular weight is 310 g/mol. The summed E-state index contributed by atoms with van der Waals surface area (Å²) in [5.41, 5.74) is 4.42. The van der Waals surface area contributed by atoms with Crippen molar-refractivity contribution in [2.24, 2.45) is 5.41 Å². The molecule has 1 aromatic heterocycles. The van der Waals surface area contributed by atoms with Gasteiger partial charge in [-0.15, -0.1) is 0 Å². The zero-order chi connectivity index (χ0) is 15.3. The van der Waals surface area contributed by atoms with Crippen LogP contribution in [0, 0.1) is 5.41 Å². The van der Waals surface area contributed by atoms with Gasteiger partial charge in [-0.2, -0.15) is 0 Å². The molecule has 2 fully saturated rings. The Morgan fingerprint density at radius 3 is 3.09 bits per heavy atom. The first kappa shape index (κ1) is 13.0. The maximum absolute atomic E-state index is 10.7. The van der Waals surface area contributed by atoms with E-state index in [-0.39, 0.29) is 23.9 Å². The van der Waals surface area contributed by atoms with E-state index in [2.05, 4.69) is 40.7 Å². The number of aromatic nitrogens is 1. The van der Waals surface area contributed by atoms with Gasteiger partial charge in [-0.05, 0) is 24.5 Å². The molecule has 6 rings (SSSR count). The fourth-order valence-corrected chi connectivity index (χ4v) is 6.17. The Kier molecular flexibility index (Phi) is 2.26. The highest BCUT2D eigenvalue weighted by molar-refractivity contribution is 5.86. The summed E-state index contributed by atoms with van der Waals surface area (Å²) in [7, 11) is 0. The molecule has 4 aliphatic rings. The number of aliphatic hydroxyl groups excluding tert-OH is 1. The van der Waals surface area contributed by atoms with E-state index in [1.807, 2.05) is 0 Å². The number of para-hydroxylation sites is 1. The van der Waals surface area contributed by atoms with Crippen LogP contribution >= 0.6 is 0 Å². The van der Waals surface area contributed by atoms with E-state index in [4.69, 9.17) is 4.74 Å². The van der Waals surface area contributed by atoms with Crippen molar-refractivity contribution in [2.75, 3.05) is 13.1 Å². The molecule has 1 aromatic carbocycles. The Balaban J connectivity index is 1.73. The minimum absolute atomic E-state index is 0.0108. The van der Waals surface area contributed by atoms with Crippen molar-refractivity contribution in [3.8, 4) is 0 Å². The van der Waals surface area contributed by atoms with E-state index in [0.29, 0.717) is 6.04 Å². The summed E-state index contributed by atoms with van der Waals surface area (Å²) in [6, 6.07) is 9.20. The molecule has 4 nitrogen and oxygen atoms in total. The number of piperidine rings is 1. The predicted molar refractivity (Wildman–Crippen MR) is 87.2 cm³/mol. The SMILES string of the molecule is CC[C@@]12C[C@@H]3O[C@@H]1[C@@H](O)CN1CCc4c(n3c3ccccc43)[C@@H]12. The molecule has 23 heavy (non-hydrogen) atoms. The van der Waals surface area contributed by atoms with Crippen LogP contribution in [0.1, 0.15) is 43.3 Å². The van der Waals surface area contributed by atoms with E-state index >= 15 is 0 Å². The fourth-order valence-electron chi connectivity index (χ4n) is 6.17. The van der Waals surface area contributed by atoms with E-state index < -0.39 is 0 Å². The van der Waals surface area contributed by atoms with E-state index in [0.717, 1.165) is 32.4 Å². The average Bonchev–Trinajstić information content (AvgIpc) is 3.09. The maximum Gasteiger partial charge on any atom is 0.135 e. The molecule has 0 saturated carbocycles. The first-order valence-electron chi connectivity index (χ1n) is 8.94. The summed E-state index contributed by atoms with van der Waals surface area (Å²) < 4.78 is 8.94. The highest BCUT2D eigenvalue weighted by atomic mass is 16.5. The minimum atomic E-state index is -0.353. The van der Waals surface area contributed by atoms with Gasteiger partial charge in [-0.1, -0.05) is 25.1 Å². The Bertz CT molecular complexity index is 828. The molecule has 5 heterocycles. The third-order valence-corrected chi connectivity index (χ3v) is 7.02. The molecule has 4 heteroatoms. The van der Waals surface area contributed by atoms with Crippen molar-refractivity contribution >= 4 is 10.9 Å². The van der Waals surface area contributed by atoms with Crippen LogP contribution < -0.4 is 0 Å². The number of hydrogen-bond acceptors (Lipinski definition) is 3. The van der Waals surface area contributed by atoms with Crippen molar-refractivity contribution in [2.45, 2.75) is 50.7 Å². The van der Waals surface area contributed by atoms with Gasteiger partial charge in [-0.25, -0.2) is 0 Å². The van der Waals surface area contributed by atoms with Crippen LogP contribution in [0.15, 0.2) is 24.3 Å². The van der Waals surface area contributed by atoms with E-state index in [1.54, 1.807) is 0 Å². The van der Waals surface area contributed by atoms with Crippen LogP contribution in [-0.2, 0) is 11.2 Å². The second-order valence-electron chi connectivity index (χ2n) is 7.77. The zero-order valence-electron chi connectivity index (χ0n) is 13.4. The van der Waals surface area contributed by atoms with Crippen LogP contribution in [-0.4, -0.2) is 39.9 Å². The lowest BCUT2D eigenvalue weighted by Gasteiger charge is -2.55. The highest BCUT2D eigenvalue weighted by Gasteiger charge is 2.64. The largest absolute Gasteiger partial charge is 0.389 e. The monoisotopic (exact) mass is 310 g/mol. The van der Waals surface area contributed by atoms with Gasteiger partial charge >= 0.3 is 0 Å². The van der Waals surface area contributed by atoms with Gasteiger partial charge in [0.25, 0.3) is 0 Å². The number of fused-ring (bicyclic) bond motifs is 5. The Morgan fingerprint density at radius 1 is 1.35 bits per heavy atom. The molecule has 0 radical (unpaired) electrons. The third-order valence-electron chi connectivity index (χ3n) is 7.02. The first-order chi connectivity index (χ1) is 11.2. The molecule has 120 valence electrons. The van der Waals surface area contributed by atoms with Crippen LogP contribution in [0.3, 0.4) is 0 Å². The molecular weight excluding hydrogens is 288 g/mol. The van der Waals surface area contributed by atoms with Crippen LogP contribution in [0.5, 0.6) is 0 Å². The summed E-state index contributed by atoms with van der Waals surface area (Å²) in [5, 5.41) is 12.1. The van der Waals surface area contributed by atoms with E-state index in [9.17, 15) is 5.11 Å². The molecule has 4 aliphatic heterocycles. The minimum Gasteiger partial charge on any atom is -0.389 e. The molecule has 2 bridgehead atoms. The molecule has 1 N–H and O–H groups in total. The van der Waals surface area contributed by atoms with Crippen molar-refractivity contribution < 1.29 is 9.84 Å². The van der Waals surface area contributed by atoms with Crippen molar-refractivity contribution in [3.05, 3.63) is 35.5 Å². The summed E-state index contributed by atoms with van der Waals surface area (Å²) in [6.07, 6.45) is 2.93. The quantitative estimate of drug-likeness (QED) is 0.880. The van der Waals surface area contributed by atoms with Gasteiger partial charge in [-0.3, -0.25) is 4.90 Å². The number of aliphatic hydroxyl groups is 1. The second kappa shape index (κ2) is 4.00. The normalized spacial score (nSPS) is 40.8. The molecule has 5 atom stereocenters. The van der Waals surface area contributed by atoms with Crippen molar-refractivity contribution in [3.63, 3.8) is 0 Å². The molecule has 0 aliphatic carbocycles. The second-order valence-corrected chi connectivity index (χ2v) is 7.77. The lowest BCUT2D eigenvalue weighted by molar-refractivity contribution is -0.139. The van der Waals surface area contributed by atoms with Gasteiger partial charge in [0.05, 0.1) is 23.8 Å².